The lowest BCUT2D eigenvalue weighted by Gasteiger charge is -2.25. The number of aryl methyl sites for hydroxylation is 1. The smallest absolute Gasteiger partial charge is 0.225 e. The first-order chi connectivity index (χ1) is 11.6. The van der Waals surface area contributed by atoms with E-state index < -0.39 is 0 Å². The molecule has 0 bridgehead atoms. The summed E-state index contributed by atoms with van der Waals surface area (Å²) in [5.41, 5.74) is 1.96. The van der Waals surface area contributed by atoms with Crippen molar-refractivity contribution in [3.05, 3.63) is 17.5 Å². The number of thioether (sulfide) groups is 1. The summed E-state index contributed by atoms with van der Waals surface area (Å²) in [6.45, 7) is 6.09. The Bertz CT molecular complexity index is 530. The molecule has 0 radical (unpaired) electrons. The van der Waals surface area contributed by atoms with Crippen LogP contribution in [0.25, 0.3) is 0 Å². The number of anilines is 1. The van der Waals surface area contributed by atoms with Crippen molar-refractivity contribution in [3.63, 3.8) is 0 Å². The molecule has 24 heavy (non-hydrogen) atoms. The van der Waals surface area contributed by atoms with Crippen LogP contribution in [0.3, 0.4) is 0 Å². The minimum Gasteiger partial charge on any atom is -0.349 e. The zero-order valence-electron chi connectivity index (χ0n) is 15.2. The molecule has 1 atom stereocenters. The number of nitrogens with one attached hydrogen (secondary N) is 1. The number of aromatic nitrogens is 2. The van der Waals surface area contributed by atoms with E-state index >= 15 is 0 Å². The van der Waals surface area contributed by atoms with E-state index in [0.29, 0.717) is 6.42 Å². The van der Waals surface area contributed by atoms with Crippen molar-refractivity contribution in [3.8, 4) is 0 Å². The van der Waals surface area contributed by atoms with E-state index in [4.69, 9.17) is 4.98 Å². The molecule has 1 amide bonds. The van der Waals surface area contributed by atoms with Crippen molar-refractivity contribution in [2.24, 2.45) is 0 Å². The topological polar surface area (TPSA) is 58.1 Å². The summed E-state index contributed by atoms with van der Waals surface area (Å²) in [6.07, 6.45) is 10.8. The van der Waals surface area contributed by atoms with Gasteiger partial charge in [-0.2, -0.15) is 11.8 Å². The third-order valence-corrected chi connectivity index (χ3v) is 5.13. The molecule has 0 spiro atoms. The van der Waals surface area contributed by atoms with Crippen molar-refractivity contribution in [2.45, 2.75) is 58.4 Å². The van der Waals surface area contributed by atoms with Crippen LogP contribution in [-0.2, 0) is 4.79 Å². The van der Waals surface area contributed by atoms with Gasteiger partial charge in [-0.15, -0.1) is 0 Å². The van der Waals surface area contributed by atoms with E-state index in [0.717, 1.165) is 36.0 Å². The maximum Gasteiger partial charge on any atom is 0.225 e. The van der Waals surface area contributed by atoms with Crippen LogP contribution < -0.4 is 10.2 Å². The molecule has 2 heterocycles. The molecule has 1 aliphatic rings. The Hall–Kier alpha value is -1.30. The van der Waals surface area contributed by atoms with Gasteiger partial charge in [0.1, 0.15) is 0 Å². The summed E-state index contributed by atoms with van der Waals surface area (Å²) in [7, 11) is 0. The third kappa shape index (κ3) is 5.65. The summed E-state index contributed by atoms with van der Waals surface area (Å²) >= 11 is 1.69. The Morgan fingerprint density at radius 1 is 1.29 bits per heavy atom. The van der Waals surface area contributed by atoms with Crippen LogP contribution in [0.1, 0.15) is 62.7 Å². The molecule has 1 saturated heterocycles. The normalized spacial score (nSPS) is 17.0. The minimum atomic E-state index is -0.0549. The van der Waals surface area contributed by atoms with E-state index in [-0.39, 0.29) is 11.9 Å². The number of nitrogens with zero attached hydrogens (tertiary/aromatic N) is 3. The Morgan fingerprint density at radius 3 is 2.58 bits per heavy atom. The van der Waals surface area contributed by atoms with Gasteiger partial charge in [0, 0.05) is 42.7 Å². The number of hydrogen-bond donors (Lipinski definition) is 1. The number of carbonyl (C=O) groups is 1. The van der Waals surface area contributed by atoms with Crippen LogP contribution in [0.4, 0.5) is 5.95 Å². The summed E-state index contributed by atoms with van der Waals surface area (Å²) in [6, 6.07) is -0.0549. The Morgan fingerprint density at radius 2 is 1.96 bits per heavy atom. The highest BCUT2D eigenvalue weighted by atomic mass is 32.2. The summed E-state index contributed by atoms with van der Waals surface area (Å²) in [5, 5.41) is 3.04. The first kappa shape index (κ1) is 19.0. The molecule has 134 valence electrons. The molecule has 1 aromatic heterocycles. The average Bonchev–Trinajstić information content (AvgIpc) is 2.52. The fourth-order valence-electron chi connectivity index (χ4n) is 3.08. The molecule has 1 aliphatic heterocycles. The monoisotopic (exact) mass is 350 g/mol. The maximum absolute atomic E-state index is 11.9. The lowest BCUT2D eigenvalue weighted by molar-refractivity contribution is -0.121. The number of amides is 1. The SMILES string of the molecule is CSCCC(=O)NC(C)c1cnc(N2CCCCCCC2)nc1C. The molecule has 5 nitrogen and oxygen atoms in total. The van der Waals surface area contributed by atoms with Crippen LogP contribution in [0.2, 0.25) is 0 Å². The lowest BCUT2D eigenvalue weighted by atomic mass is 10.1. The van der Waals surface area contributed by atoms with Crippen LogP contribution in [0.15, 0.2) is 6.20 Å². The fourth-order valence-corrected chi connectivity index (χ4v) is 3.46. The van der Waals surface area contributed by atoms with Crippen molar-refractivity contribution in [1.29, 1.82) is 0 Å². The van der Waals surface area contributed by atoms with Gasteiger partial charge in [0.05, 0.1) is 6.04 Å². The quantitative estimate of drug-likeness (QED) is 0.851. The largest absolute Gasteiger partial charge is 0.349 e. The summed E-state index contributed by atoms with van der Waals surface area (Å²) in [5.74, 6) is 1.77. The van der Waals surface area contributed by atoms with E-state index in [1.54, 1.807) is 11.8 Å². The molecule has 1 fully saturated rings. The second-order valence-electron chi connectivity index (χ2n) is 6.50. The molecule has 0 aromatic carbocycles. The summed E-state index contributed by atoms with van der Waals surface area (Å²) in [4.78, 5) is 23.5. The molecule has 1 aromatic rings. The molecule has 0 aliphatic carbocycles. The first-order valence-corrected chi connectivity index (χ1v) is 10.4. The average molecular weight is 351 g/mol. The van der Waals surface area contributed by atoms with Gasteiger partial charge in [-0.3, -0.25) is 4.79 Å². The van der Waals surface area contributed by atoms with E-state index in [2.05, 4.69) is 15.2 Å². The molecule has 2 rings (SSSR count). The third-order valence-electron chi connectivity index (χ3n) is 4.52. The Kier molecular flexibility index (Phi) is 7.82. The van der Waals surface area contributed by atoms with Crippen molar-refractivity contribution >= 4 is 23.6 Å². The van der Waals surface area contributed by atoms with Gasteiger partial charge in [0.15, 0.2) is 0 Å². The van der Waals surface area contributed by atoms with Crippen LogP contribution in [-0.4, -0.2) is 41.0 Å². The predicted octanol–water partition coefficient (Wildman–Crippen LogP) is 3.49. The molecule has 6 heteroatoms. The zero-order valence-corrected chi connectivity index (χ0v) is 16.0. The lowest BCUT2D eigenvalue weighted by Crippen LogP contribution is -2.30. The van der Waals surface area contributed by atoms with Gasteiger partial charge >= 0.3 is 0 Å². The molecular weight excluding hydrogens is 320 g/mol. The highest BCUT2D eigenvalue weighted by Crippen LogP contribution is 2.20. The highest BCUT2D eigenvalue weighted by molar-refractivity contribution is 7.98. The highest BCUT2D eigenvalue weighted by Gasteiger charge is 2.16. The summed E-state index contributed by atoms with van der Waals surface area (Å²) < 4.78 is 0. The molecule has 0 saturated carbocycles. The van der Waals surface area contributed by atoms with Gasteiger partial charge in [-0.1, -0.05) is 19.3 Å². The van der Waals surface area contributed by atoms with Gasteiger partial charge in [-0.05, 0) is 32.9 Å². The molecule has 1 N–H and O–H groups in total. The maximum atomic E-state index is 11.9. The van der Waals surface area contributed by atoms with E-state index in [1.807, 2.05) is 26.3 Å². The number of rotatable bonds is 6. The van der Waals surface area contributed by atoms with Crippen molar-refractivity contribution in [2.75, 3.05) is 30.0 Å². The van der Waals surface area contributed by atoms with E-state index in [1.165, 1.54) is 32.1 Å². The Balaban J connectivity index is 2.01. The van der Waals surface area contributed by atoms with Crippen molar-refractivity contribution in [1.82, 2.24) is 15.3 Å². The van der Waals surface area contributed by atoms with Crippen molar-refractivity contribution < 1.29 is 4.79 Å². The number of hydrogen-bond acceptors (Lipinski definition) is 5. The van der Waals surface area contributed by atoms with E-state index in [9.17, 15) is 4.79 Å². The zero-order chi connectivity index (χ0) is 17.4. The van der Waals surface area contributed by atoms with Gasteiger partial charge in [-0.25, -0.2) is 9.97 Å². The minimum absolute atomic E-state index is 0.0549. The molecular formula is C18H30N4OS. The van der Waals surface area contributed by atoms with Gasteiger partial charge < -0.3 is 10.2 Å². The molecule has 1 unspecified atom stereocenters. The first-order valence-electron chi connectivity index (χ1n) is 8.98. The van der Waals surface area contributed by atoms with Crippen LogP contribution in [0, 0.1) is 6.92 Å². The van der Waals surface area contributed by atoms with Gasteiger partial charge in [0.25, 0.3) is 0 Å². The number of carbonyl (C=O) groups excluding carboxylic acids is 1. The van der Waals surface area contributed by atoms with Crippen LogP contribution >= 0.6 is 11.8 Å². The Labute approximate surface area is 150 Å². The second-order valence-corrected chi connectivity index (χ2v) is 7.48. The van der Waals surface area contributed by atoms with Crippen LogP contribution in [0.5, 0.6) is 0 Å². The predicted molar refractivity (Wildman–Crippen MR) is 102 cm³/mol. The fraction of sp³-hybridized carbons (Fsp3) is 0.722. The van der Waals surface area contributed by atoms with Gasteiger partial charge in [0.2, 0.25) is 11.9 Å². The standard InChI is InChI=1S/C18H30N4OS/c1-14(20-17(23)9-12-24-3)16-13-19-18(21-15(16)2)22-10-7-5-4-6-8-11-22/h13-14H,4-12H2,1-3H3,(H,20,23). The second kappa shape index (κ2) is 9.87.